The van der Waals surface area contributed by atoms with E-state index in [1.165, 1.54) is 7.11 Å². The van der Waals surface area contributed by atoms with Gasteiger partial charge in [-0.05, 0) is 31.2 Å². The number of benzene rings is 2. The van der Waals surface area contributed by atoms with Crippen LogP contribution in [0.1, 0.15) is 17.3 Å². The van der Waals surface area contributed by atoms with Crippen LogP contribution in [-0.4, -0.2) is 25.0 Å². The van der Waals surface area contributed by atoms with E-state index in [2.05, 4.69) is 5.32 Å². The Kier molecular flexibility index (Phi) is 5.19. The van der Waals surface area contributed by atoms with Gasteiger partial charge >= 0.3 is 0 Å². The summed E-state index contributed by atoms with van der Waals surface area (Å²) in [4.78, 5) is 23.6. The second-order valence-electron chi connectivity index (χ2n) is 4.81. The zero-order chi connectivity index (χ0) is 16.8. The van der Waals surface area contributed by atoms with Gasteiger partial charge in [0.25, 0.3) is 11.8 Å². The highest BCUT2D eigenvalue weighted by molar-refractivity contribution is 6.03. The zero-order valence-electron chi connectivity index (χ0n) is 12.9. The van der Waals surface area contributed by atoms with Crippen LogP contribution in [0.3, 0.4) is 0 Å². The lowest BCUT2D eigenvalue weighted by molar-refractivity contribution is -0.122. The molecule has 0 radical (unpaired) electrons. The van der Waals surface area contributed by atoms with Gasteiger partial charge in [0, 0.05) is 0 Å². The maximum Gasteiger partial charge on any atom is 0.265 e. The molecule has 0 spiro atoms. The van der Waals surface area contributed by atoms with Gasteiger partial charge in [-0.1, -0.05) is 24.3 Å². The molecule has 0 saturated heterocycles. The number of carbonyl (C=O) groups excluding carboxylic acids is 2. The van der Waals surface area contributed by atoms with Crippen LogP contribution in [0, 0.1) is 0 Å². The third-order valence-electron chi connectivity index (χ3n) is 3.19. The van der Waals surface area contributed by atoms with Crippen molar-refractivity contribution in [2.75, 3.05) is 12.4 Å². The maximum absolute atomic E-state index is 12.3. The minimum absolute atomic E-state index is 0.241. The highest BCUT2D eigenvalue weighted by atomic mass is 16.5. The topological polar surface area (TPSA) is 90.7 Å². The molecule has 0 unspecified atom stereocenters. The van der Waals surface area contributed by atoms with E-state index >= 15 is 0 Å². The number of hydrogen-bond donors (Lipinski definition) is 2. The summed E-state index contributed by atoms with van der Waals surface area (Å²) in [7, 11) is 1.52. The lowest BCUT2D eigenvalue weighted by Gasteiger charge is -2.17. The van der Waals surface area contributed by atoms with E-state index in [4.69, 9.17) is 15.2 Å². The minimum Gasteiger partial charge on any atom is -0.493 e. The molecule has 2 aromatic carbocycles. The van der Waals surface area contributed by atoms with E-state index in [-0.39, 0.29) is 5.56 Å². The first-order chi connectivity index (χ1) is 11.0. The average molecular weight is 314 g/mol. The molecular formula is C17H18N2O4. The molecule has 0 aromatic heterocycles. The second-order valence-corrected chi connectivity index (χ2v) is 4.81. The molecule has 23 heavy (non-hydrogen) atoms. The largest absolute Gasteiger partial charge is 0.493 e. The molecule has 0 aliphatic rings. The van der Waals surface area contributed by atoms with Crippen molar-refractivity contribution in [2.24, 2.45) is 5.73 Å². The van der Waals surface area contributed by atoms with Crippen molar-refractivity contribution in [1.29, 1.82) is 0 Å². The smallest absolute Gasteiger partial charge is 0.265 e. The van der Waals surface area contributed by atoms with Crippen molar-refractivity contribution in [3.8, 4) is 11.5 Å². The number of ether oxygens (including phenoxy) is 2. The van der Waals surface area contributed by atoms with Gasteiger partial charge in [-0.2, -0.15) is 0 Å². The van der Waals surface area contributed by atoms with Gasteiger partial charge in [0.2, 0.25) is 0 Å². The van der Waals surface area contributed by atoms with Crippen LogP contribution in [0.4, 0.5) is 5.69 Å². The normalized spacial score (nSPS) is 11.4. The van der Waals surface area contributed by atoms with Crippen LogP contribution in [0.2, 0.25) is 0 Å². The predicted octanol–water partition coefficient (Wildman–Crippen LogP) is 2.20. The molecule has 0 aliphatic carbocycles. The fourth-order valence-electron chi connectivity index (χ4n) is 2.00. The summed E-state index contributed by atoms with van der Waals surface area (Å²) in [6.07, 6.45) is -0.785. The van der Waals surface area contributed by atoms with Crippen molar-refractivity contribution in [1.82, 2.24) is 0 Å². The first-order valence-corrected chi connectivity index (χ1v) is 7.02. The Morgan fingerprint density at radius 2 is 1.65 bits per heavy atom. The van der Waals surface area contributed by atoms with E-state index in [1.807, 2.05) is 0 Å². The zero-order valence-corrected chi connectivity index (χ0v) is 12.9. The average Bonchev–Trinajstić information content (AvgIpc) is 2.55. The molecule has 2 amide bonds. The van der Waals surface area contributed by atoms with Crippen LogP contribution in [0.5, 0.6) is 11.5 Å². The highest BCUT2D eigenvalue weighted by Gasteiger charge is 2.18. The molecule has 0 saturated carbocycles. The number of hydrogen-bond acceptors (Lipinski definition) is 4. The predicted molar refractivity (Wildman–Crippen MR) is 86.7 cm³/mol. The van der Waals surface area contributed by atoms with Gasteiger partial charge in [-0.15, -0.1) is 0 Å². The first kappa shape index (κ1) is 16.4. The van der Waals surface area contributed by atoms with E-state index in [1.54, 1.807) is 55.5 Å². The van der Waals surface area contributed by atoms with Gasteiger partial charge in [0.15, 0.2) is 17.6 Å². The van der Waals surface area contributed by atoms with Gasteiger partial charge in [0.1, 0.15) is 0 Å². The summed E-state index contributed by atoms with van der Waals surface area (Å²) in [5.41, 5.74) is 5.88. The molecular weight excluding hydrogens is 296 g/mol. The number of methoxy groups -OCH3 is 1. The van der Waals surface area contributed by atoms with Crippen LogP contribution in [-0.2, 0) is 4.79 Å². The quantitative estimate of drug-likeness (QED) is 0.855. The third-order valence-corrected chi connectivity index (χ3v) is 3.19. The number of nitrogens with two attached hydrogens (primary N) is 1. The van der Waals surface area contributed by atoms with Crippen molar-refractivity contribution < 1.29 is 19.1 Å². The Bertz CT molecular complexity index is 715. The summed E-state index contributed by atoms with van der Waals surface area (Å²) in [6.45, 7) is 1.61. The number of carbonyl (C=O) groups is 2. The molecule has 2 rings (SSSR count). The Balaban J connectivity index is 2.10. The van der Waals surface area contributed by atoms with Crippen LogP contribution < -0.4 is 20.5 Å². The Morgan fingerprint density at radius 1 is 1.04 bits per heavy atom. The number of anilines is 1. The van der Waals surface area contributed by atoms with E-state index in [0.717, 1.165) is 0 Å². The number of amides is 2. The molecule has 0 heterocycles. The lowest BCUT2D eigenvalue weighted by Crippen LogP contribution is -2.31. The SMILES string of the molecule is COc1ccccc1O[C@@H](C)C(=O)Nc1ccccc1C(N)=O. The van der Waals surface area contributed by atoms with Crippen molar-refractivity contribution in [3.63, 3.8) is 0 Å². The molecule has 6 heteroatoms. The molecule has 0 bridgehead atoms. The molecule has 3 N–H and O–H groups in total. The van der Waals surface area contributed by atoms with E-state index in [0.29, 0.717) is 17.2 Å². The molecule has 2 aromatic rings. The highest BCUT2D eigenvalue weighted by Crippen LogP contribution is 2.27. The molecule has 120 valence electrons. The Hall–Kier alpha value is -3.02. The number of nitrogens with one attached hydrogen (secondary N) is 1. The maximum atomic E-state index is 12.3. The fourth-order valence-corrected chi connectivity index (χ4v) is 2.00. The van der Waals surface area contributed by atoms with E-state index in [9.17, 15) is 9.59 Å². The number of primary amides is 1. The molecule has 1 atom stereocenters. The number of para-hydroxylation sites is 3. The van der Waals surface area contributed by atoms with Crippen LogP contribution in [0.25, 0.3) is 0 Å². The standard InChI is InChI=1S/C17H18N2O4/c1-11(23-15-10-6-5-9-14(15)22-2)17(21)19-13-8-4-3-7-12(13)16(18)20/h3-11H,1-2H3,(H2,18,20)(H,19,21)/t11-/m0/s1. The first-order valence-electron chi connectivity index (χ1n) is 7.02. The summed E-state index contributed by atoms with van der Waals surface area (Å²) in [5, 5.41) is 2.64. The molecule has 0 fully saturated rings. The monoisotopic (exact) mass is 314 g/mol. The Labute approximate surface area is 134 Å². The van der Waals surface area contributed by atoms with Crippen molar-refractivity contribution >= 4 is 17.5 Å². The second kappa shape index (κ2) is 7.31. The van der Waals surface area contributed by atoms with Gasteiger partial charge < -0.3 is 20.5 Å². The van der Waals surface area contributed by atoms with Crippen LogP contribution in [0.15, 0.2) is 48.5 Å². The molecule has 0 aliphatic heterocycles. The molecule has 6 nitrogen and oxygen atoms in total. The van der Waals surface area contributed by atoms with Gasteiger partial charge in [-0.25, -0.2) is 0 Å². The lowest BCUT2D eigenvalue weighted by atomic mass is 10.1. The third kappa shape index (κ3) is 4.00. The van der Waals surface area contributed by atoms with Crippen molar-refractivity contribution in [2.45, 2.75) is 13.0 Å². The van der Waals surface area contributed by atoms with Crippen LogP contribution >= 0.6 is 0 Å². The van der Waals surface area contributed by atoms with Crippen molar-refractivity contribution in [3.05, 3.63) is 54.1 Å². The van der Waals surface area contributed by atoms with Gasteiger partial charge in [-0.3, -0.25) is 9.59 Å². The summed E-state index contributed by atoms with van der Waals surface area (Å²) in [5.74, 6) is -0.0191. The number of rotatable bonds is 6. The minimum atomic E-state index is -0.785. The fraction of sp³-hybridized carbons (Fsp3) is 0.176. The summed E-state index contributed by atoms with van der Waals surface area (Å²) >= 11 is 0. The van der Waals surface area contributed by atoms with E-state index < -0.39 is 17.9 Å². The summed E-state index contributed by atoms with van der Waals surface area (Å²) in [6, 6.07) is 13.6. The van der Waals surface area contributed by atoms with Gasteiger partial charge in [0.05, 0.1) is 18.4 Å². The summed E-state index contributed by atoms with van der Waals surface area (Å²) < 4.78 is 10.8. The Morgan fingerprint density at radius 3 is 2.30 bits per heavy atom.